The van der Waals surface area contributed by atoms with E-state index in [0.717, 1.165) is 54.6 Å². The third-order valence-electron chi connectivity index (χ3n) is 12.6. The number of nitrogen functional groups attached to an aromatic ring is 2. The molecule has 0 aromatic heterocycles. The van der Waals surface area contributed by atoms with Crippen LogP contribution in [0.2, 0.25) is 0 Å². The number of azo groups is 4. The van der Waals surface area contributed by atoms with Crippen LogP contribution in [0.5, 0.6) is 17.2 Å². The maximum absolute atomic E-state index is 13.7. The fraction of sp³-hybridized carbons (Fsp3) is 0. The van der Waals surface area contributed by atoms with Gasteiger partial charge in [-0.3, -0.25) is 13.7 Å². The van der Waals surface area contributed by atoms with Crippen molar-refractivity contribution in [3.8, 4) is 17.2 Å². The van der Waals surface area contributed by atoms with Gasteiger partial charge in [0.2, 0.25) is 0 Å². The largest absolute Gasteiger partial charge is 1.00 e. The molecular formula is C52H32N11Na5O18S5. The van der Waals surface area contributed by atoms with Gasteiger partial charge >= 0.3 is 148 Å². The first-order chi connectivity index (χ1) is 40.3. The molecule has 0 spiro atoms. The number of rotatable bonds is 15. The van der Waals surface area contributed by atoms with Gasteiger partial charge in [0, 0.05) is 27.8 Å². The van der Waals surface area contributed by atoms with Crippen LogP contribution in [-0.2, 0) is 50.6 Å². The molecule has 10 aromatic rings. The molecule has 0 amide bonds. The summed E-state index contributed by atoms with van der Waals surface area (Å²) in [7, 11) is -25.7. The van der Waals surface area contributed by atoms with E-state index in [1.54, 1.807) is 0 Å². The second-order valence-electron chi connectivity index (χ2n) is 18.3. The van der Waals surface area contributed by atoms with E-state index in [-0.39, 0.29) is 242 Å². The predicted molar refractivity (Wildman–Crippen MR) is 301 cm³/mol. The summed E-state index contributed by atoms with van der Waals surface area (Å²) in [6.07, 6.45) is 0. The Morgan fingerprint density at radius 2 is 0.725 bits per heavy atom. The zero-order valence-corrected chi connectivity index (χ0v) is 61.7. The molecule has 0 fully saturated rings. The Labute approximate surface area is 626 Å². The molecule has 10 aromatic carbocycles. The van der Waals surface area contributed by atoms with Crippen molar-refractivity contribution in [2.24, 2.45) is 40.9 Å². The van der Waals surface area contributed by atoms with Crippen molar-refractivity contribution >= 4 is 162 Å². The molecule has 438 valence electrons. The third kappa shape index (κ3) is 17.1. The van der Waals surface area contributed by atoms with E-state index in [4.69, 9.17) is 11.5 Å². The van der Waals surface area contributed by atoms with Gasteiger partial charge in [-0.15, -0.1) is 25.6 Å². The van der Waals surface area contributed by atoms with Crippen molar-refractivity contribution in [1.29, 1.82) is 0 Å². The number of nitrogens with zero attached hydrogens (tertiary/aromatic N) is 8. The zero-order chi connectivity index (χ0) is 62.0. The summed E-state index contributed by atoms with van der Waals surface area (Å²) in [5.74, 6) is -2.93. The van der Waals surface area contributed by atoms with Gasteiger partial charge in [0.25, 0.3) is 30.4 Å². The Morgan fingerprint density at radius 3 is 1.19 bits per heavy atom. The Kier molecular flexibility index (Phi) is 25.1. The molecule has 0 aliphatic heterocycles. The van der Waals surface area contributed by atoms with Gasteiger partial charge in [0.1, 0.15) is 34.9 Å². The molecule has 0 atom stereocenters. The zero-order valence-electron chi connectivity index (χ0n) is 47.6. The topological polar surface area (TPSA) is 510 Å². The monoisotopic (exact) mass is 1370 g/mol. The third-order valence-corrected chi connectivity index (χ3v) is 16.9. The number of hydrogen-bond acceptors (Lipinski definition) is 26. The SMILES string of the molecule is Nc1ccc2c([O-])c(N=Nc3ccc4c([O-])c(N=Nc5ccc(Nc6ccc(N=Nc7ccc(N=Nc8c(S(=O)(=O)O)cc9cc(N)ccc9c8[O-])c8ccc(S(=O)(=O)[O-])cc78)cc6S(=O)(=O)[O-])cc5)c(S(=O)(=O)O)cc4c3)c(S(=O)(=O)O)cc2c1.[Na+].[Na+].[Na+].[Na+].[Na+]. The summed E-state index contributed by atoms with van der Waals surface area (Å²) in [6.45, 7) is 0. The molecule has 39 heteroatoms. The average Bonchev–Trinajstić information content (AvgIpc) is 0.821. The van der Waals surface area contributed by atoms with Crippen molar-refractivity contribution in [3.05, 3.63) is 146 Å². The van der Waals surface area contributed by atoms with Gasteiger partial charge < -0.3 is 41.2 Å². The van der Waals surface area contributed by atoms with E-state index in [1.807, 2.05) is 0 Å². The van der Waals surface area contributed by atoms with Crippen LogP contribution in [0.3, 0.4) is 0 Å². The van der Waals surface area contributed by atoms with E-state index in [0.29, 0.717) is 0 Å². The molecule has 29 nitrogen and oxygen atoms in total. The van der Waals surface area contributed by atoms with Crippen LogP contribution in [0.4, 0.5) is 68.2 Å². The maximum Gasteiger partial charge on any atom is 1.00 e. The average molecular weight is 1370 g/mol. The van der Waals surface area contributed by atoms with E-state index in [2.05, 4.69) is 46.2 Å². The normalized spacial score (nSPS) is 12.3. The van der Waals surface area contributed by atoms with Crippen molar-refractivity contribution in [3.63, 3.8) is 0 Å². The van der Waals surface area contributed by atoms with Gasteiger partial charge in [-0.2, -0.15) is 40.6 Å². The molecule has 0 saturated carbocycles. The number of fused-ring (bicyclic) bond motifs is 4. The minimum Gasteiger partial charge on any atom is -0.871 e. The Bertz CT molecular complexity index is 5330. The van der Waals surface area contributed by atoms with Crippen molar-refractivity contribution in [2.75, 3.05) is 16.8 Å². The summed E-state index contributed by atoms with van der Waals surface area (Å²) in [4.78, 5) is -4.37. The molecule has 91 heavy (non-hydrogen) atoms. The number of benzene rings is 10. The molecule has 0 saturated heterocycles. The van der Waals surface area contributed by atoms with Gasteiger partial charge in [-0.1, -0.05) is 41.5 Å². The molecule has 0 aliphatic carbocycles. The first-order valence-electron chi connectivity index (χ1n) is 23.8. The van der Waals surface area contributed by atoms with Crippen molar-refractivity contribution in [2.45, 2.75) is 24.5 Å². The van der Waals surface area contributed by atoms with E-state index in [1.165, 1.54) is 91.0 Å². The van der Waals surface area contributed by atoms with E-state index >= 15 is 0 Å². The van der Waals surface area contributed by atoms with Gasteiger partial charge in [0.15, 0.2) is 0 Å². The second-order valence-corrected chi connectivity index (χ2v) is 25.2. The number of hydrogen-bond donors (Lipinski definition) is 6. The minimum absolute atomic E-state index is 0. The molecule has 8 N–H and O–H groups in total. The van der Waals surface area contributed by atoms with Crippen molar-refractivity contribution < 1.29 is 228 Å². The number of anilines is 4. The van der Waals surface area contributed by atoms with Crippen LogP contribution >= 0.6 is 0 Å². The van der Waals surface area contributed by atoms with Crippen LogP contribution in [0.15, 0.2) is 211 Å². The quantitative estimate of drug-likeness (QED) is 0.0242. The van der Waals surface area contributed by atoms with Crippen LogP contribution < -0.4 is 180 Å². The fourth-order valence-corrected chi connectivity index (χ4v) is 11.8. The van der Waals surface area contributed by atoms with E-state index < -0.39 is 109 Å². The minimum atomic E-state index is -5.30. The molecular weight excluding hydrogens is 1340 g/mol. The van der Waals surface area contributed by atoms with Crippen LogP contribution in [-0.4, -0.2) is 64.9 Å². The van der Waals surface area contributed by atoms with Gasteiger partial charge in [-0.05, 0) is 154 Å². The Hall–Kier alpha value is -5.01. The standard InChI is InChI=1S/C52H37N11O18S5.5Na/c53-28-1-10-35-25(17-28)20-44(84(73,74)75)48(50(35)64)62-58-32-7-12-37-27(19-32)22-46(86(79,80)81)47(52(37)66)61-56-31-5-3-30(4-6-31)55-42-14-8-33(23-43(42)83(70,71)72)57-59-41-16-15-40(38-13-9-34(24-39(38)41)82(67,68)69)60-63-49-45(85(76,77)78)21-26-18-29(54)2-11-36(26)51(49)65;;;;;/h1-24,55,64-66H,53-54H2,(H,67,68,69)(H,70,71,72)(H,73,74,75)(H,76,77,78)(H,79,80,81);;;;;/q;5*+1/p-5. The smallest absolute Gasteiger partial charge is 0.871 e. The molecule has 10 rings (SSSR count). The summed E-state index contributed by atoms with van der Waals surface area (Å²) in [5.41, 5.74) is 8.66. The van der Waals surface area contributed by atoms with Crippen LogP contribution in [0.1, 0.15) is 0 Å². The van der Waals surface area contributed by atoms with Crippen LogP contribution in [0.25, 0.3) is 43.1 Å². The first-order valence-corrected chi connectivity index (χ1v) is 30.9. The fourth-order valence-electron chi connectivity index (χ4n) is 8.68. The summed E-state index contributed by atoms with van der Waals surface area (Å²) in [6, 6.07) is 28.1. The molecule has 0 aliphatic rings. The van der Waals surface area contributed by atoms with Crippen LogP contribution in [0, 0.1) is 0 Å². The summed E-state index contributed by atoms with van der Waals surface area (Å²) < 4.78 is 179. The van der Waals surface area contributed by atoms with E-state index in [9.17, 15) is 80.2 Å². The summed E-state index contributed by atoms with van der Waals surface area (Å²) in [5, 5.41) is 74.2. The molecule has 0 bridgehead atoms. The molecule has 0 heterocycles. The first kappa shape index (κ1) is 76.7. The molecule has 0 radical (unpaired) electrons. The second kappa shape index (κ2) is 29.7. The molecule has 0 unspecified atom stereocenters. The maximum atomic E-state index is 13.7. The Morgan fingerprint density at radius 1 is 0.352 bits per heavy atom. The Balaban J connectivity index is 0.00000301. The number of nitrogens with two attached hydrogens (primary N) is 2. The van der Waals surface area contributed by atoms with Crippen molar-refractivity contribution in [1.82, 2.24) is 0 Å². The predicted octanol–water partition coefficient (Wildman–Crippen LogP) is -5.34. The number of nitrogens with one attached hydrogen (secondary N) is 1. The summed E-state index contributed by atoms with van der Waals surface area (Å²) >= 11 is 0. The van der Waals surface area contributed by atoms with Gasteiger partial charge in [-0.25, -0.2) is 16.8 Å². The van der Waals surface area contributed by atoms with Gasteiger partial charge in [0.05, 0.1) is 61.0 Å².